The molecule has 3 N–H and O–H groups in total. The van der Waals surface area contributed by atoms with Crippen LogP contribution >= 0.6 is 31.9 Å². The van der Waals surface area contributed by atoms with E-state index in [-0.39, 0.29) is 18.2 Å². The third-order valence-corrected chi connectivity index (χ3v) is 4.85. The van der Waals surface area contributed by atoms with E-state index in [0.29, 0.717) is 5.56 Å². The molecule has 26 heavy (non-hydrogen) atoms. The average Bonchev–Trinajstić information content (AvgIpc) is 2.63. The Labute approximate surface area is 167 Å². The first kappa shape index (κ1) is 18.4. The molecule has 3 aromatic carbocycles. The van der Waals surface area contributed by atoms with Crippen molar-refractivity contribution < 1.29 is 9.90 Å². The Morgan fingerprint density at radius 1 is 1.12 bits per heavy atom. The van der Waals surface area contributed by atoms with Gasteiger partial charge in [-0.2, -0.15) is 5.10 Å². The molecule has 0 aliphatic rings. The van der Waals surface area contributed by atoms with Crippen LogP contribution in [0.15, 0.2) is 68.6 Å². The molecule has 0 saturated heterocycles. The molecular weight excluding hydrogens is 462 g/mol. The van der Waals surface area contributed by atoms with E-state index >= 15 is 0 Å². The predicted octanol–water partition coefficient (Wildman–Crippen LogP) is 4.63. The molecule has 5 nitrogen and oxygen atoms in total. The second-order valence-electron chi connectivity index (χ2n) is 5.49. The zero-order valence-electron chi connectivity index (χ0n) is 13.5. The Morgan fingerprint density at radius 3 is 2.73 bits per heavy atom. The molecule has 0 spiro atoms. The van der Waals surface area contributed by atoms with Gasteiger partial charge in [-0.3, -0.25) is 4.79 Å². The minimum atomic E-state index is -0.296. The van der Waals surface area contributed by atoms with Crippen molar-refractivity contribution in [1.82, 2.24) is 5.43 Å². The first-order valence-corrected chi connectivity index (χ1v) is 9.35. The van der Waals surface area contributed by atoms with Crippen molar-refractivity contribution in [3.63, 3.8) is 0 Å². The number of fused-ring (bicyclic) bond motifs is 1. The van der Waals surface area contributed by atoms with E-state index in [4.69, 9.17) is 0 Å². The van der Waals surface area contributed by atoms with E-state index in [9.17, 15) is 9.90 Å². The summed E-state index contributed by atoms with van der Waals surface area (Å²) in [7, 11) is 0. The molecule has 0 aliphatic carbocycles. The van der Waals surface area contributed by atoms with Gasteiger partial charge in [0.25, 0.3) is 5.91 Å². The van der Waals surface area contributed by atoms with Gasteiger partial charge in [-0.25, -0.2) is 5.43 Å². The van der Waals surface area contributed by atoms with Crippen molar-refractivity contribution in [1.29, 1.82) is 0 Å². The Balaban J connectivity index is 1.64. The number of phenolic OH excluding ortho intramolecular Hbond substituents is 1. The number of carbonyl (C=O) groups is 1. The number of nitrogens with zero attached hydrogens (tertiary/aromatic N) is 1. The highest BCUT2D eigenvalue weighted by molar-refractivity contribution is 9.11. The number of hydrogen-bond acceptors (Lipinski definition) is 4. The molecule has 3 aromatic rings. The molecule has 0 bridgehead atoms. The summed E-state index contributed by atoms with van der Waals surface area (Å²) < 4.78 is 1.79. The standard InChI is InChI=1S/C19H15Br2N3O2/c20-13-6-7-17(16(21)9-13)22-11-19(26)24-23-10-15-14-4-2-1-3-12(14)5-8-18(15)25/h1-10,22,25H,11H2,(H,24,26). The summed E-state index contributed by atoms with van der Waals surface area (Å²) in [6, 6.07) is 16.7. The molecule has 0 aliphatic heterocycles. The van der Waals surface area contributed by atoms with Crippen molar-refractivity contribution in [2.75, 3.05) is 11.9 Å². The number of hydrogen-bond donors (Lipinski definition) is 3. The van der Waals surface area contributed by atoms with Crippen LogP contribution in [-0.4, -0.2) is 23.8 Å². The number of amides is 1. The third-order valence-electron chi connectivity index (χ3n) is 3.70. The van der Waals surface area contributed by atoms with Gasteiger partial charge in [0.15, 0.2) is 0 Å². The van der Waals surface area contributed by atoms with Crippen LogP contribution in [0.25, 0.3) is 10.8 Å². The fraction of sp³-hybridized carbons (Fsp3) is 0.0526. The lowest BCUT2D eigenvalue weighted by atomic mass is 10.0. The Bertz CT molecular complexity index is 990. The van der Waals surface area contributed by atoms with Crippen LogP contribution in [0.4, 0.5) is 5.69 Å². The predicted molar refractivity (Wildman–Crippen MR) is 112 cm³/mol. The highest BCUT2D eigenvalue weighted by Crippen LogP contribution is 2.26. The van der Waals surface area contributed by atoms with E-state index in [1.807, 2.05) is 48.5 Å². The summed E-state index contributed by atoms with van der Waals surface area (Å²) >= 11 is 6.81. The maximum atomic E-state index is 12.0. The van der Waals surface area contributed by atoms with E-state index in [1.54, 1.807) is 6.07 Å². The van der Waals surface area contributed by atoms with Crippen molar-refractivity contribution >= 4 is 60.4 Å². The number of halogens is 2. The lowest BCUT2D eigenvalue weighted by molar-refractivity contribution is -0.119. The molecule has 0 fully saturated rings. The number of nitrogens with one attached hydrogen (secondary N) is 2. The van der Waals surface area contributed by atoms with Gasteiger partial charge in [-0.05, 0) is 51.0 Å². The van der Waals surface area contributed by atoms with Gasteiger partial charge in [-0.1, -0.05) is 46.3 Å². The number of rotatable bonds is 5. The topological polar surface area (TPSA) is 73.7 Å². The molecule has 7 heteroatoms. The van der Waals surface area contributed by atoms with Gasteiger partial charge in [0, 0.05) is 20.2 Å². The smallest absolute Gasteiger partial charge is 0.259 e. The number of aromatic hydroxyl groups is 1. The molecular formula is C19H15Br2N3O2. The van der Waals surface area contributed by atoms with E-state index in [0.717, 1.165) is 25.4 Å². The van der Waals surface area contributed by atoms with Gasteiger partial charge >= 0.3 is 0 Å². The van der Waals surface area contributed by atoms with Crippen LogP contribution in [0, 0.1) is 0 Å². The molecule has 132 valence electrons. The van der Waals surface area contributed by atoms with Gasteiger partial charge in [0.05, 0.1) is 12.8 Å². The van der Waals surface area contributed by atoms with Gasteiger partial charge in [0.2, 0.25) is 0 Å². The zero-order chi connectivity index (χ0) is 18.5. The molecule has 0 saturated carbocycles. The van der Waals surface area contributed by atoms with Crippen LogP contribution in [0.2, 0.25) is 0 Å². The number of carbonyl (C=O) groups excluding carboxylic acids is 1. The lowest BCUT2D eigenvalue weighted by Crippen LogP contribution is -2.26. The van der Waals surface area contributed by atoms with E-state index in [2.05, 4.69) is 47.7 Å². The minimum Gasteiger partial charge on any atom is -0.507 e. The lowest BCUT2D eigenvalue weighted by Gasteiger charge is -2.08. The summed E-state index contributed by atoms with van der Waals surface area (Å²) in [5, 5.41) is 18.9. The Hall–Kier alpha value is -2.38. The number of phenols is 1. The molecule has 0 atom stereocenters. The van der Waals surface area contributed by atoms with Gasteiger partial charge < -0.3 is 10.4 Å². The molecule has 3 rings (SSSR count). The number of benzene rings is 3. The van der Waals surface area contributed by atoms with Crippen LogP contribution < -0.4 is 10.7 Å². The fourth-order valence-electron chi connectivity index (χ4n) is 2.44. The van der Waals surface area contributed by atoms with Crippen molar-refractivity contribution in [2.24, 2.45) is 5.10 Å². The Morgan fingerprint density at radius 2 is 1.92 bits per heavy atom. The maximum Gasteiger partial charge on any atom is 0.259 e. The second-order valence-corrected chi connectivity index (χ2v) is 7.26. The molecule has 1 amide bonds. The second kappa shape index (κ2) is 8.33. The third kappa shape index (κ3) is 4.42. The van der Waals surface area contributed by atoms with Crippen LogP contribution in [-0.2, 0) is 4.79 Å². The normalized spacial score (nSPS) is 11.0. The summed E-state index contributed by atoms with van der Waals surface area (Å²) in [4.78, 5) is 12.0. The zero-order valence-corrected chi connectivity index (χ0v) is 16.7. The maximum absolute atomic E-state index is 12.0. The molecule has 0 aromatic heterocycles. The molecule has 0 heterocycles. The number of anilines is 1. The van der Waals surface area contributed by atoms with Crippen LogP contribution in [0.5, 0.6) is 5.75 Å². The van der Waals surface area contributed by atoms with Crippen molar-refractivity contribution in [2.45, 2.75) is 0 Å². The van der Waals surface area contributed by atoms with Crippen molar-refractivity contribution in [3.05, 3.63) is 69.1 Å². The largest absolute Gasteiger partial charge is 0.507 e. The first-order valence-electron chi connectivity index (χ1n) is 7.76. The monoisotopic (exact) mass is 475 g/mol. The van der Waals surface area contributed by atoms with E-state index < -0.39 is 0 Å². The van der Waals surface area contributed by atoms with Gasteiger partial charge in [0.1, 0.15) is 5.75 Å². The van der Waals surface area contributed by atoms with Crippen LogP contribution in [0.3, 0.4) is 0 Å². The average molecular weight is 477 g/mol. The van der Waals surface area contributed by atoms with Crippen molar-refractivity contribution in [3.8, 4) is 5.75 Å². The summed E-state index contributed by atoms with van der Waals surface area (Å²) in [5.74, 6) is -0.186. The SMILES string of the molecule is O=C(CNc1ccc(Br)cc1Br)NN=Cc1c(O)ccc2ccccc12. The summed E-state index contributed by atoms with van der Waals surface area (Å²) in [6.45, 7) is 0.0685. The molecule has 0 unspecified atom stereocenters. The number of hydrazone groups is 1. The van der Waals surface area contributed by atoms with E-state index in [1.165, 1.54) is 6.21 Å². The summed E-state index contributed by atoms with van der Waals surface area (Å²) in [5.41, 5.74) is 3.82. The molecule has 0 radical (unpaired) electrons. The summed E-state index contributed by atoms with van der Waals surface area (Å²) in [6.07, 6.45) is 1.45. The Kier molecular flexibility index (Phi) is 5.90. The highest BCUT2D eigenvalue weighted by atomic mass is 79.9. The van der Waals surface area contributed by atoms with Crippen LogP contribution in [0.1, 0.15) is 5.56 Å². The first-order chi connectivity index (χ1) is 12.5. The minimum absolute atomic E-state index is 0.0685. The highest BCUT2D eigenvalue weighted by Gasteiger charge is 2.06. The quantitative estimate of drug-likeness (QED) is 0.371. The van der Waals surface area contributed by atoms with Gasteiger partial charge in [-0.15, -0.1) is 0 Å². The fourth-order valence-corrected chi connectivity index (χ4v) is 3.62.